The van der Waals surface area contributed by atoms with Crippen molar-refractivity contribution in [1.29, 1.82) is 0 Å². The quantitative estimate of drug-likeness (QED) is 0.759. The van der Waals surface area contributed by atoms with Crippen LogP contribution in [-0.4, -0.2) is 46.2 Å². The fraction of sp³-hybridized carbons (Fsp3) is 0.571. The minimum atomic E-state index is 0.0214. The highest BCUT2D eigenvalue weighted by Crippen LogP contribution is 2.29. The molecule has 1 aromatic rings. The molecule has 2 amide bonds. The first-order chi connectivity index (χ1) is 12.1. The number of phenols is 1. The van der Waals surface area contributed by atoms with Gasteiger partial charge < -0.3 is 20.6 Å². The Balaban J connectivity index is 1.59. The van der Waals surface area contributed by atoms with Crippen LogP contribution in [-0.2, 0) is 0 Å². The highest BCUT2D eigenvalue weighted by molar-refractivity contribution is 5.77. The van der Waals surface area contributed by atoms with Crippen molar-refractivity contribution in [3.8, 4) is 5.75 Å². The molecule has 0 radical (unpaired) electrons. The molecule has 0 bridgehead atoms. The number of aromatic hydroxyl groups is 1. The van der Waals surface area contributed by atoms with Gasteiger partial charge in [0.05, 0.1) is 0 Å². The highest BCUT2D eigenvalue weighted by atomic mass is 16.3. The van der Waals surface area contributed by atoms with E-state index in [4.69, 9.17) is 0 Å². The van der Waals surface area contributed by atoms with Crippen molar-refractivity contribution in [2.45, 2.75) is 64.1 Å². The van der Waals surface area contributed by atoms with Crippen LogP contribution in [0.1, 0.15) is 52.5 Å². The van der Waals surface area contributed by atoms with Crippen molar-refractivity contribution in [3.63, 3.8) is 0 Å². The van der Waals surface area contributed by atoms with E-state index in [2.05, 4.69) is 44.4 Å². The summed E-state index contributed by atoms with van der Waals surface area (Å²) in [5.41, 5.74) is 2.39. The number of benzene rings is 1. The summed E-state index contributed by atoms with van der Waals surface area (Å²) in [6.07, 6.45) is 4.82. The molecule has 26 heavy (non-hydrogen) atoms. The van der Waals surface area contributed by atoms with Crippen LogP contribution in [0.15, 0.2) is 30.3 Å². The number of piperidine rings is 1. The van der Waals surface area contributed by atoms with Crippen molar-refractivity contribution < 1.29 is 9.90 Å². The highest BCUT2D eigenvalue weighted by Gasteiger charge is 2.38. The molecule has 2 heterocycles. The predicted molar refractivity (Wildman–Crippen MR) is 105 cm³/mol. The molecule has 0 aliphatic carbocycles. The average Bonchev–Trinajstić information content (AvgIpc) is 2.52. The van der Waals surface area contributed by atoms with Crippen LogP contribution >= 0.6 is 0 Å². The molecule has 0 saturated carbocycles. The topological polar surface area (TPSA) is 64.6 Å². The van der Waals surface area contributed by atoms with E-state index >= 15 is 0 Å². The van der Waals surface area contributed by atoms with Gasteiger partial charge in [0.1, 0.15) is 5.75 Å². The molecule has 2 aliphatic heterocycles. The van der Waals surface area contributed by atoms with E-state index in [-0.39, 0.29) is 28.9 Å². The first kappa shape index (κ1) is 18.8. The monoisotopic (exact) mass is 357 g/mol. The Hall–Kier alpha value is -2.01. The molecule has 3 N–H and O–H groups in total. The van der Waals surface area contributed by atoms with Crippen LogP contribution in [0.2, 0.25) is 0 Å². The second-order valence-electron chi connectivity index (χ2n) is 8.92. The smallest absolute Gasteiger partial charge is 0.317 e. The average molecular weight is 357 g/mol. The van der Waals surface area contributed by atoms with Gasteiger partial charge in [-0.3, -0.25) is 0 Å². The second kappa shape index (κ2) is 6.95. The molecule has 5 nitrogen and oxygen atoms in total. The standard InChI is InChI=1S/C21H31N3O2/c1-20(2)13-17(14-21(3,4)23-20)22-19(26)24-11-9-16(10-12-24)15-5-7-18(25)8-6-15/h5-9,17,23,25H,10-14H2,1-4H3,(H,22,26). The van der Waals surface area contributed by atoms with E-state index in [1.165, 1.54) is 5.57 Å². The summed E-state index contributed by atoms with van der Waals surface area (Å²) in [6.45, 7) is 10.1. The van der Waals surface area contributed by atoms with Gasteiger partial charge in [0.15, 0.2) is 0 Å². The Kier molecular flexibility index (Phi) is 5.02. The minimum Gasteiger partial charge on any atom is -0.508 e. The zero-order valence-electron chi connectivity index (χ0n) is 16.3. The Morgan fingerprint density at radius 3 is 2.31 bits per heavy atom. The van der Waals surface area contributed by atoms with Crippen LogP contribution in [0.3, 0.4) is 0 Å². The Morgan fingerprint density at radius 2 is 1.77 bits per heavy atom. The molecule has 1 fully saturated rings. The van der Waals surface area contributed by atoms with Crippen LogP contribution < -0.4 is 10.6 Å². The number of hydrogen-bond acceptors (Lipinski definition) is 3. The molecule has 0 aromatic heterocycles. The molecule has 142 valence electrons. The minimum absolute atomic E-state index is 0.0214. The lowest BCUT2D eigenvalue weighted by Gasteiger charge is -2.47. The van der Waals surface area contributed by atoms with Gasteiger partial charge in [0.2, 0.25) is 0 Å². The fourth-order valence-corrected chi connectivity index (χ4v) is 4.48. The van der Waals surface area contributed by atoms with Gasteiger partial charge in [0, 0.05) is 30.2 Å². The summed E-state index contributed by atoms with van der Waals surface area (Å²) in [5.74, 6) is 0.277. The van der Waals surface area contributed by atoms with Crippen LogP contribution in [0.4, 0.5) is 4.79 Å². The third kappa shape index (κ3) is 4.58. The second-order valence-corrected chi connectivity index (χ2v) is 8.92. The number of hydrogen-bond donors (Lipinski definition) is 3. The summed E-state index contributed by atoms with van der Waals surface area (Å²) < 4.78 is 0. The summed E-state index contributed by atoms with van der Waals surface area (Å²) in [7, 11) is 0. The van der Waals surface area contributed by atoms with Crippen molar-refractivity contribution >= 4 is 11.6 Å². The van der Waals surface area contributed by atoms with Crippen LogP contribution in [0, 0.1) is 0 Å². The van der Waals surface area contributed by atoms with E-state index in [9.17, 15) is 9.90 Å². The fourth-order valence-electron chi connectivity index (χ4n) is 4.48. The molecular formula is C21H31N3O2. The van der Waals surface area contributed by atoms with E-state index in [1.807, 2.05) is 17.0 Å². The third-order valence-corrected chi connectivity index (χ3v) is 5.25. The van der Waals surface area contributed by atoms with E-state index in [1.54, 1.807) is 12.1 Å². The van der Waals surface area contributed by atoms with Crippen LogP contribution in [0.5, 0.6) is 5.75 Å². The zero-order valence-corrected chi connectivity index (χ0v) is 16.3. The van der Waals surface area contributed by atoms with Crippen molar-refractivity contribution in [1.82, 2.24) is 15.5 Å². The number of nitrogens with zero attached hydrogens (tertiary/aromatic N) is 1. The van der Waals surface area contributed by atoms with Gasteiger partial charge >= 0.3 is 6.03 Å². The number of rotatable bonds is 2. The number of carbonyl (C=O) groups excluding carboxylic acids is 1. The van der Waals surface area contributed by atoms with Crippen molar-refractivity contribution in [2.24, 2.45) is 0 Å². The molecular weight excluding hydrogens is 326 g/mol. The number of carbonyl (C=O) groups is 1. The molecule has 0 atom stereocenters. The lowest BCUT2D eigenvalue weighted by molar-refractivity contribution is 0.140. The summed E-state index contributed by atoms with van der Waals surface area (Å²) in [6, 6.07) is 7.48. The Morgan fingerprint density at radius 1 is 1.15 bits per heavy atom. The SMILES string of the molecule is CC1(C)CC(NC(=O)N2CC=C(c3ccc(O)cc3)CC2)CC(C)(C)N1. The first-order valence-corrected chi connectivity index (χ1v) is 9.47. The Labute approximate surface area is 156 Å². The van der Waals surface area contributed by atoms with Gasteiger partial charge in [-0.25, -0.2) is 4.79 Å². The van der Waals surface area contributed by atoms with Gasteiger partial charge in [-0.2, -0.15) is 0 Å². The Bertz CT molecular complexity index is 676. The normalized spacial score (nSPS) is 22.6. The number of urea groups is 1. The van der Waals surface area contributed by atoms with Crippen LogP contribution in [0.25, 0.3) is 5.57 Å². The summed E-state index contributed by atoms with van der Waals surface area (Å²) in [5, 5.41) is 16.3. The maximum absolute atomic E-state index is 12.7. The molecule has 1 saturated heterocycles. The van der Waals surface area contributed by atoms with Gasteiger partial charge in [-0.05, 0) is 70.2 Å². The molecule has 0 spiro atoms. The summed E-state index contributed by atoms with van der Waals surface area (Å²) in [4.78, 5) is 14.6. The maximum Gasteiger partial charge on any atom is 0.317 e. The van der Waals surface area contributed by atoms with E-state index in [0.29, 0.717) is 6.54 Å². The molecule has 0 unspecified atom stereocenters. The molecule has 5 heteroatoms. The molecule has 1 aromatic carbocycles. The zero-order chi connectivity index (χ0) is 18.9. The largest absolute Gasteiger partial charge is 0.508 e. The van der Waals surface area contributed by atoms with E-state index < -0.39 is 0 Å². The van der Waals surface area contributed by atoms with Crippen molar-refractivity contribution in [2.75, 3.05) is 13.1 Å². The first-order valence-electron chi connectivity index (χ1n) is 9.47. The molecule has 3 rings (SSSR count). The lowest BCUT2D eigenvalue weighted by atomic mass is 9.79. The van der Waals surface area contributed by atoms with Gasteiger partial charge in [-0.15, -0.1) is 0 Å². The predicted octanol–water partition coefficient (Wildman–Crippen LogP) is 3.50. The lowest BCUT2D eigenvalue weighted by Crippen LogP contribution is -2.63. The number of nitrogens with one attached hydrogen (secondary N) is 2. The number of phenolic OH excluding ortho intramolecular Hbond substituents is 1. The number of amides is 2. The van der Waals surface area contributed by atoms with Gasteiger partial charge in [0.25, 0.3) is 0 Å². The molecule has 2 aliphatic rings. The van der Waals surface area contributed by atoms with Crippen molar-refractivity contribution in [3.05, 3.63) is 35.9 Å². The summed E-state index contributed by atoms with van der Waals surface area (Å²) >= 11 is 0. The third-order valence-electron chi connectivity index (χ3n) is 5.25. The van der Waals surface area contributed by atoms with Gasteiger partial charge in [-0.1, -0.05) is 18.2 Å². The maximum atomic E-state index is 12.7. The van der Waals surface area contributed by atoms with E-state index in [0.717, 1.165) is 31.4 Å².